The lowest BCUT2D eigenvalue weighted by atomic mass is 10.1. The first-order valence-electron chi connectivity index (χ1n) is 8.06. The number of hydrogen-bond donors (Lipinski definition) is 3. The first kappa shape index (κ1) is 18.9. The van der Waals surface area contributed by atoms with E-state index in [1.807, 2.05) is 60.7 Å². The Morgan fingerprint density at radius 2 is 1.56 bits per heavy atom. The number of carbonyl (C=O) groups excluding carboxylic acids is 2. The fraction of sp³-hybridized carbons (Fsp3) is 0.263. The smallest absolute Gasteiger partial charge is 0.325 e. The van der Waals surface area contributed by atoms with Gasteiger partial charge in [0.25, 0.3) is 0 Å². The van der Waals surface area contributed by atoms with Gasteiger partial charge in [0, 0.05) is 11.8 Å². The molecule has 2 aromatic carbocycles. The number of urea groups is 1. The summed E-state index contributed by atoms with van der Waals surface area (Å²) in [6.07, 6.45) is 0.677. The lowest BCUT2D eigenvalue weighted by Crippen LogP contribution is -2.45. The standard InChI is InChI=1S/C19H22N2O3S/c22-18(24-13-16-9-5-2-6-10-16)12-20-19(23)21-17(14-25)11-15-7-3-1-4-8-15/h1-10,17,25H,11-14H2,(H2,20,21,23). The molecule has 2 aromatic rings. The number of amides is 2. The normalized spacial score (nSPS) is 11.4. The molecule has 0 aliphatic carbocycles. The van der Waals surface area contributed by atoms with Gasteiger partial charge in [0.15, 0.2) is 0 Å². The summed E-state index contributed by atoms with van der Waals surface area (Å²) in [6, 6.07) is 18.7. The third-order valence-corrected chi connectivity index (χ3v) is 3.96. The van der Waals surface area contributed by atoms with Gasteiger partial charge in [-0.25, -0.2) is 4.79 Å². The molecule has 1 atom stereocenters. The third kappa shape index (κ3) is 7.30. The van der Waals surface area contributed by atoms with Crippen LogP contribution >= 0.6 is 12.6 Å². The number of hydrogen-bond acceptors (Lipinski definition) is 4. The molecular formula is C19H22N2O3S. The van der Waals surface area contributed by atoms with Crippen molar-refractivity contribution >= 4 is 24.6 Å². The molecule has 2 rings (SSSR count). The van der Waals surface area contributed by atoms with Gasteiger partial charge in [0.1, 0.15) is 13.2 Å². The minimum atomic E-state index is -0.482. The van der Waals surface area contributed by atoms with Crippen molar-refractivity contribution in [1.29, 1.82) is 0 Å². The Morgan fingerprint density at radius 3 is 2.16 bits per heavy atom. The second-order valence-corrected chi connectivity index (χ2v) is 5.91. The topological polar surface area (TPSA) is 67.4 Å². The van der Waals surface area contributed by atoms with E-state index in [0.717, 1.165) is 11.1 Å². The summed E-state index contributed by atoms with van der Waals surface area (Å²) >= 11 is 4.27. The fourth-order valence-corrected chi connectivity index (χ4v) is 2.46. The number of rotatable bonds is 8. The Balaban J connectivity index is 1.69. The van der Waals surface area contributed by atoms with Crippen LogP contribution in [0.1, 0.15) is 11.1 Å². The van der Waals surface area contributed by atoms with E-state index in [2.05, 4.69) is 23.3 Å². The first-order chi connectivity index (χ1) is 12.2. The van der Waals surface area contributed by atoms with Gasteiger partial charge in [-0.1, -0.05) is 60.7 Å². The van der Waals surface area contributed by atoms with Crippen LogP contribution in [-0.2, 0) is 22.6 Å². The molecule has 0 radical (unpaired) electrons. The van der Waals surface area contributed by atoms with E-state index < -0.39 is 12.0 Å². The summed E-state index contributed by atoms with van der Waals surface area (Å²) in [5, 5.41) is 5.32. The van der Waals surface area contributed by atoms with E-state index in [9.17, 15) is 9.59 Å². The van der Waals surface area contributed by atoms with Crippen molar-refractivity contribution in [3.63, 3.8) is 0 Å². The van der Waals surface area contributed by atoms with Gasteiger partial charge in [-0.2, -0.15) is 12.6 Å². The maximum absolute atomic E-state index is 11.9. The molecule has 0 aliphatic rings. The van der Waals surface area contributed by atoms with Crippen LogP contribution in [0.25, 0.3) is 0 Å². The average molecular weight is 358 g/mol. The Labute approximate surface area is 153 Å². The number of esters is 1. The van der Waals surface area contributed by atoms with Crippen LogP contribution in [-0.4, -0.2) is 30.3 Å². The van der Waals surface area contributed by atoms with Gasteiger partial charge in [-0.3, -0.25) is 4.79 Å². The summed E-state index contributed by atoms with van der Waals surface area (Å²) in [4.78, 5) is 23.6. The van der Waals surface area contributed by atoms with Crippen LogP contribution < -0.4 is 10.6 Å². The molecule has 0 aromatic heterocycles. The van der Waals surface area contributed by atoms with E-state index in [1.54, 1.807) is 0 Å². The molecule has 0 fully saturated rings. The van der Waals surface area contributed by atoms with Crippen molar-refractivity contribution in [3.8, 4) is 0 Å². The molecule has 0 saturated heterocycles. The van der Waals surface area contributed by atoms with Crippen molar-refractivity contribution in [2.45, 2.75) is 19.1 Å². The Morgan fingerprint density at radius 1 is 0.960 bits per heavy atom. The van der Waals surface area contributed by atoms with E-state index >= 15 is 0 Å². The Bertz CT molecular complexity index is 665. The average Bonchev–Trinajstić information content (AvgIpc) is 2.66. The summed E-state index contributed by atoms with van der Waals surface area (Å²) in [5.74, 6) is 0.0188. The molecule has 6 heteroatoms. The lowest BCUT2D eigenvalue weighted by molar-refractivity contribution is -0.143. The number of carbonyl (C=O) groups is 2. The second kappa shape index (κ2) is 10.4. The lowest BCUT2D eigenvalue weighted by Gasteiger charge is -2.17. The minimum Gasteiger partial charge on any atom is -0.460 e. The van der Waals surface area contributed by atoms with Gasteiger partial charge in [-0.15, -0.1) is 0 Å². The van der Waals surface area contributed by atoms with E-state index in [-0.39, 0.29) is 19.2 Å². The molecule has 132 valence electrons. The van der Waals surface area contributed by atoms with Crippen molar-refractivity contribution in [1.82, 2.24) is 10.6 Å². The summed E-state index contributed by atoms with van der Waals surface area (Å²) < 4.78 is 5.11. The van der Waals surface area contributed by atoms with Crippen molar-refractivity contribution in [2.75, 3.05) is 12.3 Å². The van der Waals surface area contributed by atoms with Gasteiger partial charge in [-0.05, 0) is 17.5 Å². The van der Waals surface area contributed by atoms with Gasteiger partial charge < -0.3 is 15.4 Å². The van der Waals surface area contributed by atoms with Crippen molar-refractivity contribution in [3.05, 3.63) is 71.8 Å². The molecule has 5 nitrogen and oxygen atoms in total. The third-order valence-electron chi connectivity index (χ3n) is 3.52. The van der Waals surface area contributed by atoms with Crippen LogP contribution in [0.2, 0.25) is 0 Å². The molecule has 0 aliphatic heterocycles. The summed E-state index contributed by atoms with van der Waals surface area (Å²) in [6.45, 7) is 0.0134. The highest BCUT2D eigenvalue weighted by molar-refractivity contribution is 7.80. The van der Waals surface area contributed by atoms with Crippen LogP contribution in [0, 0.1) is 0 Å². The molecule has 0 saturated carbocycles. The number of ether oxygens (including phenoxy) is 1. The number of thiol groups is 1. The largest absolute Gasteiger partial charge is 0.460 e. The second-order valence-electron chi connectivity index (χ2n) is 5.54. The fourth-order valence-electron chi connectivity index (χ4n) is 2.24. The minimum absolute atomic E-state index is 0.119. The maximum atomic E-state index is 11.9. The summed E-state index contributed by atoms with van der Waals surface area (Å²) in [5.41, 5.74) is 2.02. The molecule has 2 N–H and O–H groups in total. The van der Waals surface area contributed by atoms with Gasteiger partial charge in [0.2, 0.25) is 0 Å². The summed E-state index contributed by atoms with van der Waals surface area (Å²) in [7, 11) is 0. The van der Waals surface area contributed by atoms with Crippen molar-refractivity contribution in [2.24, 2.45) is 0 Å². The molecule has 0 bridgehead atoms. The molecule has 25 heavy (non-hydrogen) atoms. The predicted octanol–water partition coefficient (Wildman–Crippen LogP) is 2.57. The van der Waals surface area contributed by atoms with Crippen molar-refractivity contribution < 1.29 is 14.3 Å². The molecule has 0 spiro atoms. The monoisotopic (exact) mass is 358 g/mol. The van der Waals surface area contributed by atoms with E-state index in [1.165, 1.54) is 0 Å². The van der Waals surface area contributed by atoms with Crippen LogP contribution in [0.3, 0.4) is 0 Å². The highest BCUT2D eigenvalue weighted by Gasteiger charge is 2.12. The zero-order valence-electron chi connectivity index (χ0n) is 13.9. The number of nitrogens with one attached hydrogen (secondary N) is 2. The molecule has 0 heterocycles. The molecule has 2 amide bonds. The quantitative estimate of drug-likeness (QED) is 0.502. The zero-order chi connectivity index (χ0) is 17.9. The highest BCUT2D eigenvalue weighted by Crippen LogP contribution is 2.04. The van der Waals surface area contributed by atoms with Gasteiger partial charge >= 0.3 is 12.0 Å². The first-order valence-corrected chi connectivity index (χ1v) is 8.69. The van der Waals surface area contributed by atoms with Crippen LogP contribution in [0.15, 0.2) is 60.7 Å². The van der Waals surface area contributed by atoms with Gasteiger partial charge in [0.05, 0.1) is 0 Å². The molecule has 1 unspecified atom stereocenters. The predicted molar refractivity (Wildman–Crippen MR) is 101 cm³/mol. The van der Waals surface area contributed by atoms with E-state index in [0.29, 0.717) is 12.2 Å². The Kier molecular flexibility index (Phi) is 7.85. The Hall–Kier alpha value is -2.47. The van der Waals surface area contributed by atoms with Crippen LogP contribution in [0.5, 0.6) is 0 Å². The highest BCUT2D eigenvalue weighted by atomic mass is 32.1. The molecular weight excluding hydrogens is 336 g/mol. The van der Waals surface area contributed by atoms with Crippen LogP contribution in [0.4, 0.5) is 4.79 Å². The number of benzene rings is 2. The zero-order valence-corrected chi connectivity index (χ0v) is 14.7. The van der Waals surface area contributed by atoms with E-state index in [4.69, 9.17) is 4.74 Å². The SMILES string of the molecule is O=C(NCC(=O)OCc1ccccc1)NC(CS)Cc1ccccc1. The maximum Gasteiger partial charge on any atom is 0.325 e.